The maximum atomic E-state index is 13.4. The van der Waals surface area contributed by atoms with Crippen LogP contribution in [0.4, 0.5) is 4.39 Å². The normalized spacial score (nSPS) is 15.5. The fourth-order valence-corrected chi connectivity index (χ4v) is 4.43. The van der Waals surface area contributed by atoms with Crippen LogP contribution in [0.15, 0.2) is 53.2 Å². The maximum absolute atomic E-state index is 13.4. The van der Waals surface area contributed by atoms with E-state index in [0.717, 1.165) is 40.5 Å². The van der Waals surface area contributed by atoms with Gasteiger partial charge in [-0.15, -0.1) is 0 Å². The molecule has 0 saturated heterocycles. The third-order valence-electron chi connectivity index (χ3n) is 6.10. The second kappa shape index (κ2) is 10.0. The Morgan fingerprint density at radius 2 is 1.88 bits per heavy atom. The lowest BCUT2D eigenvalue weighted by Crippen LogP contribution is -2.33. The van der Waals surface area contributed by atoms with E-state index in [4.69, 9.17) is 9.15 Å². The quantitative estimate of drug-likeness (QED) is 0.339. The molecule has 0 radical (unpaired) electrons. The van der Waals surface area contributed by atoms with Crippen LogP contribution in [-0.4, -0.2) is 18.6 Å². The van der Waals surface area contributed by atoms with Crippen molar-refractivity contribution in [2.75, 3.05) is 6.61 Å². The van der Waals surface area contributed by atoms with Crippen molar-refractivity contribution in [2.45, 2.75) is 58.4 Å². The second-order valence-corrected chi connectivity index (χ2v) is 8.46. The van der Waals surface area contributed by atoms with E-state index in [2.05, 4.69) is 5.32 Å². The maximum Gasteiger partial charge on any atom is 0.244 e. The van der Waals surface area contributed by atoms with E-state index in [1.807, 2.05) is 26.0 Å². The predicted molar refractivity (Wildman–Crippen MR) is 126 cm³/mol. The topological polar surface area (TPSA) is 51.5 Å². The molecule has 4 rings (SSSR count). The number of ether oxygens (including phenoxy) is 1. The van der Waals surface area contributed by atoms with Gasteiger partial charge in [0, 0.05) is 34.7 Å². The van der Waals surface area contributed by atoms with Gasteiger partial charge in [0.15, 0.2) is 0 Å². The van der Waals surface area contributed by atoms with Gasteiger partial charge < -0.3 is 14.5 Å². The minimum Gasteiger partial charge on any atom is -0.493 e. The summed E-state index contributed by atoms with van der Waals surface area (Å²) in [5, 5.41) is 4.07. The molecule has 1 fully saturated rings. The molecular formula is C27H30FNO3. The summed E-state index contributed by atoms with van der Waals surface area (Å²) in [6, 6.07) is 10.5. The number of furan rings is 1. The van der Waals surface area contributed by atoms with Crippen LogP contribution in [0.2, 0.25) is 0 Å². The molecule has 0 bridgehead atoms. The van der Waals surface area contributed by atoms with E-state index < -0.39 is 0 Å². The SMILES string of the molecule is CCOc1cc2occ(-c3ccc(F)cc3)c2cc1/C(C)=C/C(=O)NC1CCCCCC1. The summed E-state index contributed by atoms with van der Waals surface area (Å²) < 4.78 is 25.0. The highest BCUT2D eigenvalue weighted by atomic mass is 19.1. The molecule has 0 atom stereocenters. The fourth-order valence-electron chi connectivity index (χ4n) is 4.43. The van der Waals surface area contributed by atoms with Crippen molar-refractivity contribution in [1.82, 2.24) is 5.32 Å². The molecule has 1 aliphatic rings. The Hall–Kier alpha value is -3.08. The molecule has 32 heavy (non-hydrogen) atoms. The Balaban J connectivity index is 1.66. The molecule has 2 aromatic carbocycles. The largest absolute Gasteiger partial charge is 0.493 e. The predicted octanol–water partition coefficient (Wildman–Crippen LogP) is 6.88. The van der Waals surface area contributed by atoms with Crippen LogP contribution in [0.5, 0.6) is 5.75 Å². The van der Waals surface area contributed by atoms with Gasteiger partial charge in [-0.05, 0) is 56.0 Å². The molecule has 1 heterocycles. The number of halogens is 1. The first-order chi connectivity index (χ1) is 15.5. The molecule has 5 heteroatoms. The summed E-state index contributed by atoms with van der Waals surface area (Å²) in [7, 11) is 0. The van der Waals surface area contributed by atoms with Crippen LogP contribution in [0.25, 0.3) is 27.7 Å². The molecule has 0 aliphatic heterocycles. The molecule has 1 saturated carbocycles. The highest BCUT2D eigenvalue weighted by Crippen LogP contribution is 2.37. The van der Waals surface area contributed by atoms with E-state index in [-0.39, 0.29) is 17.8 Å². The number of fused-ring (bicyclic) bond motifs is 1. The van der Waals surface area contributed by atoms with Crippen LogP contribution in [0.3, 0.4) is 0 Å². The first kappa shape index (κ1) is 22.1. The van der Waals surface area contributed by atoms with Crippen LogP contribution in [0, 0.1) is 5.82 Å². The average molecular weight is 436 g/mol. The molecule has 168 valence electrons. The van der Waals surface area contributed by atoms with E-state index >= 15 is 0 Å². The Kier molecular flexibility index (Phi) is 6.93. The smallest absolute Gasteiger partial charge is 0.244 e. The molecule has 4 nitrogen and oxygen atoms in total. The zero-order valence-corrected chi connectivity index (χ0v) is 18.7. The van der Waals surface area contributed by atoms with E-state index in [0.29, 0.717) is 17.9 Å². The Morgan fingerprint density at radius 1 is 1.16 bits per heavy atom. The van der Waals surface area contributed by atoms with Crippen LogP contribution in [0.1, 0.15) is 57.9 Å². The summed E-state index contributed by atoms with van der Waals surface area (Å²) >= 11 is 0. The third kappa shape index (κ3) is 5.04. The van der Waals surface area contributed by atoms with Crippen LogP contribution >= 0.6 is 0 Å². The van der Waals surface area contributed by atoms with Crippen molar-refractivity contribution in [3.8, 4) is 16.9 Å². The number of rotatable bonds is 6. The Labute approximate surface area is 188 Å². The molecule has 1 aliphatic carbocycles. The lowest BCUT2D eigenvalue weighted by Gasteiger charge is -2.16. The summed E-state index contributed by atoms with van der Waals surface area (Å²) in [6.45, 7) is 4.36. The van der Waals surface area contributed by atoms with Gasteiger partial charge in [0.25, 0.3) is 0 Å². The Morgan fingerprint density at radius 3 is 2.56 bits per heavy atom. The zero-order valence-electron chi connectivity index (χ0n) is 18.7. The first-order valence-electron chi connectivity index (χ1n) is 11.5. The lowest BCUT2D eigenvalue weighted by molar-refractivity contribution is -0.117. The molecule has 3 aromatic rings. The summed E-state index contributed by atoms with van der Waals surface area (Å²) in [5.74, 6) is 0.332. The highest BCUT2D eigenvalue weighted by molar-refractivity contribution is 6.00. The second-order valence-electron chi connectivity index (χ2n) is 8.46. The Bertz CT molecular complexity index is 1110. The van der Waals surface area contributed by atoms with E-state index in [1.54, 1.807) is 24.5 Å². The number of nitrogens with one attached hydrogen (secondary N) is 1. The standard InChI is InChI=1S/C27H30FNO3/c1-3-31-25-16-26-23(24(17-32-26)19-10-12-20(28)13-11-19)15-22(25)18(2)14-27(30)29-21-8-6-4-5-7-9-21/h10-17,21H,3-9H2,1-2H3,(H,29,30)/b18-14+. The first-order valence-corrected chi connectivity index (χ1v) is 11.5. The third-order valence-corrected chi connectivity index (χ3v) is 6.10. The zero-order chi connectivity index (χ0) is 22.5. The van der Waals surface area contributed by atoms with E-state index in [9.17, 15) is 9.18 Å². The summed E-state index contributed by atoms with van der Waals surface area (Å²) in [5.41, 5.74) is 4.10. The highest BCUT2D eigenvalue weighted by Gasteiger charge is 2.17. The van der Waals surface area contributed by atoms with E-state index in [1.165, 1.54) is 37.8 Å². The van der Waals surface area contributed by atoms with Crippen molar-refractivity contribution in [2.24, 2.45) is 0 Å². The number of amides is 1. The van der Waals surface area contributed by atoms with Gasteiger partial charge in [-0.1, -0.05) is 37.8 Å². The monoisotopic (exact) mass is 435 g/mol. The molecule has 1 amide bonds. The lowest BCUT2D eigenvalue weighted by atomic mass is 9.99. The fraction of sp³-hybridized carbons (Fsp3) is 0.370. The molecule has 1 N–H and O–H groups in total. The number of hydrogen-bond acceptors (Lipinski definition) is 3. The van der Waals surface area contributed by atoms with Crippen LogP contribution in [-0.2, 0) is 4.79 Å². The van der Waals surface area contributed by atoms with Crippen molar-refractivity contribution in [1.29, 1.82) is 0 Å². The average Bonchev–Trinajstić information content (AvgIpc) is 3.01. The number of hydrogen-bond donors (Lipinski definition) is 1. The van der Waals surface area contributed by atoms with Gasteiger partial charge >= 0.3 is 0 Å². The number of allylic oxidation sites excluding steroid dienone is 1. The molecule has 0 spiro atoms. The minimum absolute atomic E-state index is 0.0668. The molecule has 1 aromatic heterocycles. The van der Waals surface area contributed by atoms with Gasteiger partial charge in [0.05, 0.1) is 12.9 Å². The van der Waals surface area contributed by atoms with Gasteiger partial charge in [-0.3, -0.25) is 4.79 Å². The van der Waals surface area contributed by atoms with Gasteiger partial charge in [0.1, 0.15) is 17.1 Å². The van der Waals surface area contributed by atoms with Crippen molar-refractivity contribution in [3.63, 3.8) is 0 Å². The molecule has 0 unspecified atom stereocenters. The summed E-state index contributed by atoms with van der Waals surface area (Å²) in [4.78, 5) is 12.7. The summed E-state index contributed by atoms with van der Waals surface area (Å²) in [6.07, 6.45) is 10.3. The van der Waals surface area contributed by atoms with Crippen molar-refractivity contribution >= 4 is 22.4 Å². The van der Waals surface area contributed by atoms with Gasteiger partial charge in [-0.25, -0.2) is 4.39 Å². The number of benzene rings is 2. The molecular weight excluding hydrogens is 405 g/mol. The van der Waals surface area contributed by atoms with Gasteiger partial charge in [-0.2, -0.15) is 0 Å². The number of carbonyl (C=O) groups excluding carboxylic acids is 1. The minimum atomic E-state index is -0.278. The van der Waals surface area contributed by atoms with Crippen molar-refractivity contribution < 1.29 is 18.3 Å². The van der Waals surface area contributed by atoms with Crippen molar-refractivity contribution in [3.05, 3.63) is 60.1 Å². The van der Waals surface area contributed by atoms with Crippen LogP contribution < -0.4 is 10.1 Å². The van der Waals surface area contributed by atoms with Gasteiger partial charge in [0.2, 0.25) is 5.91 Å². The number of carbonyl (C=O) groups is 1.